The number of nitrogens with one attached hydrogen (secondary N) is 1. The molecule has 2 aromatic carbocycles. The Labute approximate surface area is 158 Å². The van der Waals surface area contributed by atoms with E-state index >= 15 is 0 Å². The molecule has 1 amide bonds. The molecule has 2 aromatic rings. The average molecular weight is 390 g/mol. The number of carbonyl (C=O) groups excluding carboxylic acids is 1. The Bertz CT molecular complexity index is 894. The summed E-state index contributed by atoms with van der Waals surface area (Å²) in [5.41, 5.74) is 1.21. The standard InChI is InChI=1S/C19H22N2O5S/c20-27(23,24)18-13-15(21-19(22)12-14-4-2-1-3-5-14)6-7-17(18)26-16-8-10-25-11-9-16/h1-7,13,16H,8-12H2,(H,21,22)(H2,20,23,24). The number of ether oxygens (including phenoxy) is 2. The summed E-state index contributed by atoms with van der Waals surface area (Å²) in [6.45, 7) is 1.14. The minimum absolute atomic E-state index is 0.127. The molecule has 144 valence electrons. The smallest absolute Gasteiger partial charge is 0.241 e. The Kier molecular flexibility index (Phi) is 6.10. The van der Waals surface area contributed by atoms with E-state index in [4.69, 9.17) is 14.6 Å². The molecule has 0 bridgehead atoms. The molecule has 0 radical (unpaired) electrons. The largest absolute Gasteiger partial charge is 0.489 e. The van der Waals surface area contributed by atoms with E-state index < -0.39 is 10.0 Å². The summed E-state index contributed by atoms with van der Waals surface area (Å²) >= 11 is 0. The lowest BCUT2D eigenvalue weighted by molar-refractivity contribution is -0.115. The molecular weight excluding hydrogens is 368 g/mol. The van der Waals surface area contributed by atoms with Gasteiger partial charge >= 0.3 is 0 Å². The van der Waals surface area contributed by atoms with Crippen LogP contribution in [-0.4, -0.2) is 33.6 Å². The van der Waals surface area contributed by atoms with E-state index in [2.05, 4.69) is 5.32 Å². The van der Waals surface area contributed by atoms with E-state index in [0.29, 0.717) is 31.7 Å². The van der Waals surface area contributed by atoms with Crippen LogP contribution < -0.4 is 15.2 Å². The highest BCUT2D eigenvalue weighted by molar-refractivity contribution is 7.89. The molecule has 0 aromatic heterocycles. The van der Waals surface area contributed by atoms with Crippen LogP contribution in [0.15, 0.2) is 53.4 Å². The zero-order valence-corrected chi connectivity index (χ0v) is 15.6. The lowest BCUT2D eigenvalue weighted by atomic mass is 10.1. The lowest BCUT2D eigenvalue weighted by Crippen LogP contribution is -2.27. The van der Waals surface area contributed by atoms with Gasteiger partial charge < -0.3 is 14.8 Å². The third-order valence-electron chi connectivity index (χ3n) is 4.20. The minimum atomic E-state index is -4.01. The average Bonchev–Trinajstić information content (AvgIpc) is 2.64. The Balaban J connectivity index is 1.75. The van der Waals surface area contributed by atoms with Crippen molar-refractivity contribution in [1.29, 1.82) is 0 Å². The van der Waals surface area contributed by atoms with Crippen molar-refractivity contribution in [3.8, 4) is 5.75 Å². The first-order valence-electron chi connectivity index (χ1n) is 8.67. The van der Waals surface area contributed by atoms with E-state index in [1.54, 1.807) is 6.07 Å². The van der Waals surface area contributed by atoms with Crippen molar-refractivity contribution in [2.75, 3.05) is 18.5 Å². The van der Waals surface area contributed by atoms with Gasteiger partial charge in [0.05, 0.1) is 19.6 Å². The Hall–Kier alpha value is -2.42. The summed E-state index contributed by atoms with van der Waals surface area (Å²) in [5.74, 6) is -0.0647. The first kappa shape index (κ1) is 19.3. The zero-order valence-electron chi connectivity index (χ0n) is 14.8. The topological polar surface area (TPSA) is 108 Å². The Morgan fingerprint density at radius 3 is 2.52 bits per heavy atom. The molecule has 0 saturated carbocycles. The van der Waals surface area contributed by atoms with E-state index in [1.807, 2.05) is 30.3 Å². The number of hydrogen-bond donors (Lipinski definition) is 2. The van der Waals surface area contributed by atoms with Crippen LogP contribution in [0.25, 0.3) is 0 Å². The van der Waals surface area contributed by atoms with Crippen LogP contribution in [0, 0.1) is 0 Å². The molecule has 7 nitrogen and oxygen atoms in total. The fourth-order valence-corrected chi connectivity index (χ4v) is 3.55. The number of benzene rings is 2. The number of nitrogens with two attached hydrogens (primary N) is 1. The van der Waals surface area contributed by atoms with Crippen molar-refractivity contribution in [1.82, 2.24) is 0 Å². The SMILES string of the molecule is NS(=O)(=O)c1cc(NC(=O)Cc2ccccc2)ccc1OC1CCOCC1. The Morgan fingerprint density at radius 1 is 1.15 bits per heavy atom. The molecule has 3 rings (SSSR count). The highest BCUT2D eigenvalue weighted by Gasteiger charge is 2.21. The van der Waals surface area contributed by atoms with E-state index in [0.717, 1.165) is 5.56 Å². The highest BCUT2D eigenvalue weighted by Crippen LogP contribution is 2.29. The van der Waals surface area contributed by atoms with Crippen molar-refractivity contribution in [3.63, 3.8) is 0 Å². The predicted molar refractivity (Wildman–Crippen MR) is 101 cm³/mol. The van der Waals surface area contributed by atoms with Gasteiger partial charge in [0, 0.05) is 18.5 Å². The van der Waals surface area contributed by atoms with E-state index in [9.17, 15) is 13.2 Å². The quantitative estimate of drug-likeness (QED) is 0.785. The van der Waals surface area contributed by atoms with Gasteiger partial charge in [0.2, 0.25) is 15.9 Å². The molecule has 3 N–H and O–H groups in total. The molecule has 0 atom stereocenters. The molecule has 1 fully saturated rings. The summed E-state index contributed by atoms with van der Waals surface area (Å²) in [7, 11) is -4.01. The van der Waals surface area contributed by atoms with Crippen LogP contribution in [0.1, 0.15) is 18.4 Å². The molecule has 1 aliphatic rings. The molecule has 27 heavy (non-hydrogen) atoms. The summed E-state index contributed by atoms with van der Waals surface area (Å²) in [6, 6.07) is 13.7. The van der Waals surface area contributed by atoms with Gasteiger partial charge in [-0.1, -0.05) is 30.3 Å². The summed E-state index contributed by atoms with van der Waals surface area (Å²) in [6.07, 6.45) is 1.42. The molecule has 0 aliphatic carbocycles. The second-order valence-electron chi connectivity index (χ2n) is 6.35. The van der Waals surface area contributed by atoms with Gasteiger partial charge in [-0.2, -0.15) is 0 Å². The molecule has 1 aliphatic heterocycles. The summed E-state index contributed by atoms with van der Waals surface area (Å²) in [4.78, 5) is 12.1. The molecule has 8 heteroatoms. The number of anilines is 1. The second kappa shape index (κ2) is 8.51. The lowest BCUT2D eigenvalue weighted by Gasteiger charge is -2.24. The van der Waals surface area contributed by atoms with Crippen LogP contribution in [0.3, 0.4) is 0 Å². The second-order valence-corrected chi connectivity index (χ2v) is 7.88. The van der Waals surface area contributed by atoms with Gasteiger partial charge in [0.1, 0.15) is 16.7 Å². The predicted octanol–water partition coefficient (Wildman–Crippen LogP) is 2.07. The number of rotatable bonds is 6. The van der Waals surface area contributed by atoms with Crippen LogP contribution in [0.4, 0.5) is 5.69 Å². The third kappa shape index (κ3) is 5.53. The van der Waals surface area contributed by atoms with Gasteiger partial charge in [0.25, 0.3) is 0 Å². The van der Waals surface area contributed by atoms with Gasteiger partial charge in [-0.05, 0) is 23.8 Å². The first-order valence-corrected chi connectivity index (χ1v) is 10.2. The Morgan fingerprint density at radius 2 is 1.85 bits per heavy atom. The minimum Gasteiger partial charge on any atom is -0.489 e. The van der Waals surface area contributed by atoms with E-state index in [1.165, 1.54) is 12.1 Å². The van der Waals surface area contributed by atoms with Crippen molar-refractivity contribution in [2.24, 2.45) is 5.14 Å². The fourth-order valence-electron chi connectivity index (χ4n) is 2.87. The van der Waals surface area contributed by atoms with Gasteiger partial charge in [-0.25, -0.2) is 13.6 Å². The fraction of sp³-hybridized carbons (Fsp3) is 0.316. The maximum atomic E-state index is 12.2. The van der Waals surface area contributed by atoms with Crippen LogP contribution in [-0.2, 0) is 26.0 Å². The number of sulfonamides is 1. The van der Waals surface area contributed by atoms with Crippen molar-refractivity contribution in [2.45, 2.75) is 30.3 Å². The van der Waals surface area contributed by atoms with Crippen molar-refractivity contribution >= 4 is 21.6 Å². The van der Waals surface area contributed by atoms with Gasteiger partial charge in [-0.15, -0.1) is 0 Å². The molecule has 0 spiro atoms. The number of primary sulfonamides is 1. The van der Waals surface area contributed by atoms with E-state index in [-0.39, 0.29) is 29.1 Å². The number of amides is 1. The number of hydrogen-bond acceptors (Lipinski definition) is 5. The number of carbonyl (C=O) groups is 1. The van der Waals surface area contributed by atoms with Crippen molar-refractivity contribution < 1.29 is 22.7 Å². The van der Waals surface area contributed by atoms with Crippen LogP contribution in [0.5, 0.6) is 5.75 Å². The third-order valence-corrected chi connectivity index (χ3v) is 5.14. The molecular formula is C19H22N2O5S. The summed E-state index contributed by atoms with van der Waals surface area (Å²) in [5, 5.41) is 8.04. The van der Waals surface area contributed by atoms with Crippen molar-refractivity contribution in [3.05, 3.63) is 54.1 Å². The first-order chi connectivity index (χ1) is 12.9. The zero-order chi connectivity index (χ0) is 19.3. The van der Waals surface area contributed by atoms with Crippen LogP contribution >= 0.6 is 0 Å². The molecule has 0 unspecified atom stereocenters. The normalized spacial score (nSPS) is 15.3. The monoisotopic (exact) mass is 390 g/mol. The molecule has 1 saturated heterocycles. The maximum Gasteiger partial charge on any atom is 0.241 e. The van der Waals surface area contributed by atoms with Gasteiger partial charge in [-0.3, -0.25) is 4.79 Å². The highest BCUT2D eigenvalue weighted by atomic mass is 32.2. The summed E-state index contributed by atoms with van der Waals surface area (Å²) < 4.78 is 35.1. The van der Waals surface area contributed by atoms with Crippen LogP contribution in [0.2, 0.25) is 0 Å². The van der Waals surface area contributed by atoms with Gasteiger partial charge in [0.15, 0.2) is 0 Å². The molecule has 1 heterocycles. The maximum absolute atomic E-state index is 12.2.